The van der Waals surface area contributed by atoms with Crippen LogP contribution in [0.5, 0.6) is 0 Å². The predicted octanol–water partition coefficient (Wildman–Crippen LogP) is 2.25. The van der Waals surface area contributed by atoms with Gasteiger partial charge >= 0.3 is 11.9 Å². The van der Waals surface area contributed by atoms with E-state index in [2.05, 4.69) is 36.7 Å². The Morgan fingerprint density at radius 1 is 0.462 bits per heavy atom. The number of rotatable bonds is 38. The summed E-state index contributed by atoms with van der Waals surface area (Å²) in [5.74, 6) is 2.11. The van der Waals surface area contributed by atoms with Crippen molar-refractivity contribution in [3.8, 4) is 0 Å². The molecule has 16 heteroatoms. The van der Waals surface area contributed by atoms with Crippen LogP contribution in [0.4, 0.5) is 0 Å². The Bertz CT molecular complexity index is 972. The number of nitrogens with two attached hydrogens (primary N) is 1. The first-order valence-corrected chi connectivity index (χ1v) is 19.4. The van der Waals surface area contributed by atoms with Crippen LogP contribution in [0.3, 0.4) is 0 Å². The molecule has 0 fully saturated rings. The molecular weight excluding hydrogens is 674 g/mol. The number of carbonyl (C=O) groups is 6. The third-order valence-corrected chi connectivity index (χ3v) is 8.37. The quantitative estimate of drug-likeness (QED) is 0.0326. The van der Waals surface area contributed by atoms with Gasteiger partial charge in [0.05, 0.1) is 6.61 Å². The number of amides is 4. The molecule has 10 N–H and O–H groups in total. The molecule has 0 saturated carbocycles. The SMILES string of the molecule is NOCCNC(=O)CCC(=O)NCCCNCCCCNCCCNC(=O)CC[C@H](NC(=O)CCCCCCCCCCCCCC(=O)O)C(=O)O. The first-order valence-electron chi connectivity index (χ1n) is 19.4. The van der Waals surface area contributed by atoms with Crippen LogP contribution in [0.2, 0.25) is 0 Å². The maximum Gasteiger partial charge on any atom is 0.326 e. The fraction of sp³-hybridized carbons (Fsp3) is 0.833. The molecule has 0 radical (unpaired) electrons. The maximum atomic E-state index is 12.3. The van der Waals surface area contributed by atoms with Crippen molar-refractivity contribution < 1.29 is 43.8 Å². The highest BCUT2D eigenvalue weighted by Gasteiger charge is 2.20. The number of carbonyl (C=O) groups excluding carboxylic acids is 4. The standard InChI is InChI=1S/C36H69N7O9/c37-52-29-28-42-33(46)21-20-32(45)41-27-15-25-39-23-13-12-22-38-24-14-26-40-31(44)19-18-30(36(50)51)43-34(47)16-10-8-6-4-2-1-3-5-7-9-11-17-35(48)49/h30,38-39H,1-29,37H2,(H,40,44)(H,41,45)(H,42,46)(H,43,47)(H,48,49)(H,50,51)/t30-/m0/s1. The van der Waals surface area contributed by atoms with E-state index >= 15 is 0 Å². The summed E-state index contributed by atoms with van der Waals surface area (Å²) in [4.78, 5) is 74.3. The molecular formula is C36H69N7O9. The smallest absolute Gasteiger partial charge is 0.326 e. The maximum absolute atomic E-state index is 12.3. The zero-order valence-corrected chi connectivity index (χ0v) is 31.4. The molecule has 0 aliphatic rings. The predicted molar refractivity (Wildman–Crippen MR) is 199 cm³/mol. The molecule has 0 heterocycles. The van der Waals surface area contributed by atoms with E-state index in [0.29, 0.717) is 26.1 Å². The van der Waals surface area contributed by atoms with Crippen LogP contribution in [0.15, 0.2) is 0 Å². The molecule has 0 aromatic carbocycles. The number of nitrogens with one attached hydrogen (secondary N) is 6. The van der Waals surface area contributed by atoms with E-state index in [4.69, 9.17) is 11.0 Å². The molecule has 0 aliphatic carbocycles. The normalized spacial score (nSPS) is 11.5. The number of carboxylic acids is 2. The Labute approximate surface area is 310 Å². The average Bonchev–Trinajstić information content (AvgIpc) is 3.11. The summed E-state index contributed by atoms with van der Waals surface area (Å²) in [5, 5.41) is 35.6. The molecule has 0 aliphatic heterocycles. The van der Waals surface area contributed by atoms with Gasteiger partial charge in [-0.15, -0.1) is 0 Å². The summed E-state index contributed by atoms with van der Waals surface area (Å²) < 4.78 is 0. The van der Waals surface area contributed by atoms with Crippen LogP contribution < -0.4 is 37.8 Å². The summed E-state index contributed by atoms with van der Waals surface area (Å²) >= 11 is 0. The van der Waals surface area contributed by atoms with E-state index in [-0.39, 0.29) is 68.8 Å². The zero-order valence-electron chi connectivity index (χ0n) is 31.4. The summed E-state index contributed by atoms with van der Waals surface area (Å²) in [6, 6.07) is -1.08. The van der Waals surface area contributed by atoms with E-state index in [9.17, 15) is 33.9 Å². The van der Waals surface area contributed by atoms with Gasteiger partial charge in [0.25, 0.3) is 0 Å². The van der Waals surface area contributed by atoms with Crippen LogP contribution in [0.1, 0.15) is 135 Å². The van der Waals surface area contributed by atoms with Crippen molar-refractivity contribution in [2.24, 2.45) is 5.90 Å². The number of aliphatic carboxylic acids is 2. The Balaban J connectivity index is 3.63. The van der Waals surface area contributed by atoms with Crippen LogP contribution in [0.25, 0.3) is 0 Å². The van der Waals surface area contributed by atoms with Crippen molar-refractivity contribution in [3.05, 3.63) is 0 Å². The molecule has 52 heavy (non-hydrogen) atoms. The summed E-state index contributed by atoms with van der Waals surface area (Å²) in [7, 11) is 0. The lowest BCUT2D eigenvalue weighted by Gasteiger charge is -2.14. The van der Waals surface area contributed by atoms with Gasteiger partial charge in [0.2, 0.25) is 23.6 Å². The molecule has 0 bridgehead atoms. The van der Waals surface area contributed by atoms with E-state index < -0.39 is 18.0 Å². The minimum atomic E-state index is -1.14. The first kappa shape index (κ1) is 48.7. The largest absolute Gasteiger partial charge is 0.481 e. The summed E-state index contributed by atoms with van der Waals surface area (Å²) in [5.41, 5.74) is 0. The number of hydrogen-bond donors (Lipinski definition) is 9. The molecule has 0 unspecified atom stereocenters. The van der Waals surface area contributed by atoms with Crippen molar-refractivity contribution in [1.29, 1.82) is 0 Å². The van der Waals surface area contributed by atoms with Crippen LogP contribution in [-0.2, 0) is 33.6 Å². The first-order chi connectivity index (χ1) is 25.1. The molecule has 4 amide bonds. The van der Waals surface area contributed by atoms with Gasteiger partial charge in [-0.2, -0.15) is 0 Å². The van der Waals surface area contributed by atoms with Gasteiger partial charge in [-0.3, -0.25) is 24.0 Å². The molecule has 0 spiro atoms. The second kappa shape index (κ2) is 36.0. The minimum absolute atomic E-state index is 0.0254. The Morgan fingerprint density at radius 2 is 0.885 bits per heavy atom. The summed E-state index contributed by atoms with van der Waals surface area (Å²) in [6.45, 7) is 4.85. The van der Waals surface area contributed by atoms with Gasteiger partial charge in [-0.1, -0.05) is 57.8 Å². The molecule has 1 atom stereocenters. The van der Waals surface area contributed by atoms with Crippen LogP contribution >= 0.6 is 0 Å². The monoisotopic (exact) mass is 744 g/mol. The zero-order chi connectivity index (χ0) is 38.5. The molecule has 302 valence electrons. The van der Waals surface area contributed by atoms with E-state index in [1.807, 2.05) is 0 Å². The Hall–Kier alpha value is -3.34. The van der Waals surface area contributed by atoms with Crippen LogP contribution in [0, 0.1) is 0 Å². The highest BCUT2D eigenvalue weighted by molar-refractivity contribution is 5.84. The minimum Gasteiger partial charge on any atom is -0.481 e. The Morgan fingerprint density at radius 3 is 1.35 bits per heavy atom. The molecule has 0 aromatic rings. The lowest BCUT2D eigenvalue weighted by Crippen LogP contribution is -2.41. The van der Waals surface area contributed by atoms with Gasteiger partial charge < -0.3 is 47.0 Å². The van der Waals surface area contributed by atoms with E-state index in [1.165, 1.54) is 0 Å². The van der Waals surface area contributed by atoms with Crippen molar-refractivity contribution in [2.45, 2.75) is 141 Å². The van der Waals surface area contributed by atoms with Gasteiger partial charge in [-0.05, 0) is 71.1 Å². The van der Waals surface area contributed by atoms with Crippen molar-refractivity contribution in [1.82, 2.24) is 31.9 Å². The number of carboxylic acid groups (broad SMARTS) is 2. The van der Waals surface area contributed by atoms with Gasteiger partial charge in [0.1, 0.15) is 6.04 Å². The lowest BCUT2D eigenvalue weighted by molar-refractivity contribution is -0.142. The van der Waals surface area contributed by atoms with Gasteiger partial charge in [0, 0.05) is 51.7 Å². The third-order valence-electron chi connectivity index (χ3n) is 8.37. The fourth-order valence-corrected chi connectivity index (χ4v) is 5.33. The topological polar surface area (TPSA) is 250 Å². The van der Waals surface area contributed by atoms with Gasteiger partial charge in [0.15, 0.2) is 0 Å². The number of hydrogen-bond acceptors (Lipinski definition) is 10. The molecule has 16 nitrogen and oxygen atoms in total. The number of unbranched alkanes of at least 4 members (excludes halogenated alkanes) is 11. The van der Waals surface area contributed by atoms with Crippen molar-refractivity contribution >= 4 is 35.6 Å². The lowest BCUT2D eigenvalue weighted by atomic mass is 10.0. The second-order valence-electron chi connectivity index (χ2n) is 13.1. The molecule has 0 aromatic heterocycles. The van der Waals surface area contributed by atoms with E-state index in [0.717, 1.165) is 116 Å². The third kappa shape index (κ3) is 35.1. The summed E-state index contributed by atoms with van der Waals surface area (Å²) in [6.07, 6.45) is 15.6. The average molecular weight is 744 g/mol. The fourth-order valence-electron chi connectivity index (χ4n) is 5.33. The molecule has 0 rings (SSSR count). The highest BCUT2D eigenvalue weighted by atomic mass is 16.6. The highest BCUT2D eigenvalue weighted by Crippen LogP contribution is 2.13. The van der Waals surface area contributed by atoms with Gasteiger partial charge in [-0.25, -0.2) is 10.7 Å². The van der Waals surface area contributed by atoms with E-state index in [1.54, 1.807) is 0 Å². The molecule has 0 saturated heterocycles. The Kier molecular flexibility index (Phi) is 33.7. The second-order valence-corrected chi connectivity index (χ2v) is 13.1. The van der Waals surface area contributed by atoms with Crippen LogP contribution in [-0.4, -0.2) is 104 Å². The van der Waals surface area contributed by atoms with Crippen molar-refractivity contribution in [3.63, 3.8) is 0 Å². The van der Waals surface area contributed by atoms with Crippen molar-refractivity contribution in [2.75, 3.05) is 52.4 Å².